The van der Waals surface area contributed by atoms with Crippen molar-refractivity contribution in [1.82, 2.24) is 0 Å². The van der Waals surface area contributed by atoms with E-state index in [9.17, 15) is 22.8 Å². The molecule has 0 N–H and O–H groups in total. The fraction of sp³-hybridized carbons (Fsp3) is 0.0526. The number of fused-ring (bicyclic) bond motifs is 3. The molecule has 0 amide bonds. The van der Waals surface area contributed by atoms with Crippen LogP contribution in [0.3, 0.4) is 0 Å². The lowest BCUT2D eigenvalue weighted by molar-refractivity contribution is -0.137. The van der Waals surface area contributed by atoms with Crippen LogP contribution < -0.4 is 9.68 Å². The van der Waals surface area contributed by atoms with Crippen molar-refractivity contribution >= 4 is 38.4 Å². The zero-order valence-electron chi connectivity index (χ0n) is 13.4. The van der Waals surface area contributed by atoms with Crippen LogP contribution in [0.5, 0.6) is 5.75 Å². The molecule has 3 aromatic carbocycles. The molecular formula is C19H9F3O4S. The van der Waals surface area contributed by atoms with Crippen molar-refractivity contribution in [1.29, 1.82) is 0 Å². The fourth-order valence-corrected chi connectivity index (χ4v) is 3.42. The van der Waals surface area contributed by atoms with Crippen LogP contribution in [-0.4, -0.2) is 5.97 Å². The van der Waals surface area contributed by atoms with E-state index in [-0.39, 0.29) is 11.3 Å². The highest BCUT2D eigenvalue weighted by Crippen LogP contribution is 2.35. The van der Waals surface area contributed by atoms with Gasteiger partial charge in [-0.25, -0.2) is 9.59 Å². The smallest absolute Gasteiger partial charge is 0.416 e. The van der Waals surface area contributed by atoms with Gasteiger partial charge in [0, 0.05) is 16.8 Å². The fourth-order valence-electron chi connectivity index (χ4n) is 2.70. The van der Waals surface area contributed by atoms with E-state index in [2.05, 4.69) is 0 Å². The van der Waals surface area contributed by atoms with Crippen LogP contribution in [0.15, 0.2) is 63.8 Å². The highest BCUT2D eigenvalue weighted by molar-refractivity contribution is 7.16. The zero-order chi connectivity index (χ0) is 19.2. The van der Waals surface area contributed by atoms with Crippen LogP contribution in [0.2, 0.25) is 0 Å². The maximum absolute atomic E-state index is 12.6. The number of ether oxygens (including phenoxy) is 1. The molecule has 0 radical (unpaired) electrons. The Morgan fingerprint density at radius 3 is 2.33 bits per heavy atom. The van der Waals surface area contributed by atoms with Crippen molar-refractivity contribution in [2.75, 3.05) is 0 Å². The van der Waals surface area contributed by atoms with E-state index >= 15 is 0 Å². The van der Waals surface area contributed by atoms with Crippen molar-refractivity contribution in [3.05, 3.63) is 75.5 Å². The molecular weight excluding hydrogens is 381 g/mol. The average molecular weight is 390 g/mol. The molecule has 0 atom stereocenters. The van der Waals surface area contributed by atoms with Gasteiger partial charge in [-0.1, -0.05) is 35.6 Å². The van der Waals surface area contributed by atoms with Crippen molar-refractivity contribution in [3.63, 3.8) is 0 Å². The second kappa shape index (κ2) is 6.24. The lowest BCUT2D eigenvalue weighted by Gasteiger charge is -2.09. The summed E-state index contributed by atoms with van der Waals surface area (Å²) in [6.45, 7) is 0. The first-order valence-electron chi connectivity index (χ1n) is 7.68. The minimum atomic E-state index is -4.48. The molecule has 0 bridgehead atoms. The maximum atomic E-state index is 12.6. The molecule has 8 heteroatoms. The number of carbonyl (C=O) groups is 1. The largest absolute Gasteiger partial charge is 0.422 e. The number of halogens is 3. The van der Waals surface area contributed by atoms with Crippen LogP contribution in [0.4, 0.5) is 13.2 Å². The van der Waals surface area contributed by atoms with Gasteiger partial charge in [0.25, 0.3) is 0 Å². The molecule has 1 aromatic heterocycles. The number of alkyl halides is 3. The number of rotatable bonds is 2. The van der Waals surface area contributed by atoms with Crippen LogP contribution in [0, 0.1) is 0 Å². The highest BCUT2D eigenvalue weighted by Gasteiger charge is 2.30. The predicted octanol–water partition coefficient (Wildman–Crippen LogP) is 5.25. The summed E-state index contributed by atoms with van der Waals surface area (Å²) in [5.41, 5.74) is -0.475. The first-order valence-corrected chi connectivity index (χ1v) is 8.49. The third-order valence-electron chi connectivity index (χ3n) is 3.95. The summed E-state index contributed by atoms with van der Waals surface area (Å²) in [6.07, 6.45) is -4.48. The summed E-state index contributed by atoms with van der Waals surface area (Å²) >= 11 is 0.870. The number of benzene rings is 3. The van der Waals surface area contributed by atoms with Gasteiger partial charge in [0.1, 0.15) is 5.75 Å². The molecule has 0 spiro atoms. The standard InChI is InChI=1S/C19H9F3O4S/c20-19(21,22)11-7-5-10(6-8-11)17(23)25-14-9-15-16(26-18(24)27-15)13-4-2-1-3-12(13)14/h1-9H. The van der Waals surface area contributed by atoms with Crippen LogP contribution in [-0.2, 0) is 6.18 Å². The van der Waals surface area contributed by atoms with E-state index in [4.69, 9.17) is 9.15 Å². The average Bonchev–Trinajstić information content (AvgIpc) is 3.01. The van der Waals surface area contributed by atoms with E-state index in [1.807, 2.05) is 0 Å². The predicted molar refractivity (Wildman–Crippen MR) is 94.3 cm³/mol. The topological polar surface area (TPSA) is 56.5 Å². The molecule has 0 unspecified atom stereocenters. The Bertz CT molecular complexity index is 1220. The molecule has 0 aliphatic heterocycles. The van der Waals surface area contributed by atoms with E-state index in [0.29, 0.717) is 21.1 Å². The first-order chi connectivity index (χ1) is 12.8. The number of hydrogen-bond donors (Lipinski definition) is 0. The van der Waals surface area contributed by atoms with Crippen molar-refractivity contribution in [2.24, 2.45) is 0 Å². The quantitative estimate of drug-likeness (QED) is 0.347. The molecule has 4 rings (SSSR count). The Morgan fingerprint density at radius 1 is 1.00 bits per heavy atom. The zero-order valence-corrected chi connectivity index (χ0v) is 14.2. The maximum Gasteiger partial charge on any atom is 0.416 e. The number of hydrogen-bond acceptors (Lipinski definition) is 5. The van der Waals surface area contributed by atoms with Gasteiger partial charge < -0.3 is 9.15 Å². The lowest BCUT2D eigenvalue weighted by atomic mass is 10.1. The van der Waals surface area contributed by atoms with Gasteiger partial charge in [-0.15, -0.1) is 0 Å². The summed E-state index contributed by atoms with van der Waals surface area (Å²) in [7, 11) is 0. The van der Waals surface area contributed by atoms with Gasteiger partial charge in [-0.2, -0.15) is 13.2 Å². The molecule has 4 aromatic rings. The Kier molecular flexibility index (Phi) is 4.00. The first kappa shape index (κ1) is 17.3. The second-order valence-electron chi connectivity index (χ2n) is 5.67. The minimum absolute atomic E-state index is 0.0208. The monoisotopic (exact) mass is 390 g/mol. The van der Waals surface area contributed by atoms with Crippen LogP contribution in [0.25, 0.3) is 21.1 Å². The Balaban J connectivity index is 1.74. The second-order valence-corrected chi connectivity index (χ2v) is 6.64. The third-order valence-corrected chi connectivity index (χ3v) is 4.73. The molecule has 1 heterocycles. The SMILES string of the molecule is O=C(Oc1cc2sc(=O)oc2c2ccccc12)c1ccc(C(F)(F)F)cc1. The van der Waals surface area contributed by atoms with Crippen LogP contribution >= 0.6 is 11.3 Å². The van der Waals surface area contributed by atoms with E-state index < -0.39 is 22.6 Å². The minimum Gasteiger partial charge on any atom is -0.422 e. The molecule has 27 heavy (non-hydrogen) atoms. The summed E-state index contributed by atoms with van der Waals surface area (Å²) in [5, 5.41) is 1.15. The van der Waals surface area contributed by atoms with Gasteiger partial charge in [0.2, 0.25) is 0 Å². The Morgan fingerprint density at radius 2 is 1.67 bits per heavy atom. The van der Waals surface area contributed by atoms with Gasteiger partial charge in [0.05, 0.1) is 15.8 Å². The highest BCUT2D eigenvalue weighted by atomic mass is 32.1. The van der Waals surface area contributed by atoms with Gasteiger partial charge in [-0.05, 0) is 24.3 Å². The van der Waals surface area contributed by atoms with E-state index in [1.165, 1.54) is 6.07 Å². The van der Waals surface area contributed by atoms with Crippen LogP contribution in [0.1, 0.15) is 15.9 Å². The summed E-state index contributed by atoms with van der Waals surface area (Å²) in [4.78, 5) is 23.4. The summed E-state index contributed by atoms with van der Waals surface area (Å²) < 4.78 is 49.0. The third kappa shape index (κ3) is 3.19. The molecule has 0 fully saturated rings. The van der Waals surface area contributed by atoms with Gasteiger partial charge >= 0.3 is 17.1 Å². The lowest BCUT2D eigenvalue weighted by Crippen LogP contribution is -2.10. The van der Waals surface area contributed by atoms with Gasteiger partial charge in [0.15, 0.2) is 5.58 Å². The molecule has 0 saturated carbocycles. The Hall–Kier alpha value is -3.13. The molecule has 0 aliphatic rings. The normalized spacial score (nSPS) is 11.8. The van der Waals surface area contributed by atoms with Crippen molar-refractivity contribution in [3.8, 4) is 5.75 Å². The van der Waals surface area contributed by atoms with E-state index in [1.54, 1.807) is 24.3 Å². The number of carbonyl (C=O) groups excluding carboxylic acids is 1. The molecule has 0 saturated heterocycles. The van der Waals surface area contributed by atoms with Gasteiger partial charge in [-0.3, -0.25) is 0 Å². The number of esters is 1. The van der Waals surface area contributed by atoms with Crippen molar-refractivity contribution < 1.29 is 27.1 Å². The molecule has 136 valence electrons. The summed E-state index contributed by atoms with van der Waals surface area (Å²) in [6, 6.07) is 12.2. The summed E-state index contributed by atoms with van der Waals surface area (Å²) in [5.74, 6) is -0.607. The molecule has 4 nitrogen and oxygen atoms in total. The van der Waals surface area contributed by atoms with Crippen molar-refractivity contribution in [2.45, 2.75) is 6.18 Å². The Labute approximate surface area is 153 Å². The van der Waals surface area contributed by atoms with E-state index in [0.717, 1.165) is 35.6 Å². The molecule has 0 aliphatic carbocycles.